The van der Waals surface area contributed by atoms with E-state index in [9.17, 15) is 14.6 Å². The predicted octanol–water partition coefficient (Wildman–Crippen LogP) is 0.797. The SMILES string of the molecule is N#Cc1ncc(C(O)C(O)CN=[N+]=[N-])cc1F. The molecule has 0 fully saturated rings. The molecule has 2 atom stereocenters. The summed E-state index contributed by atoms with van der Waals surface area (Å²) in [6.07, 6.45) is -1.72. The highest BCUT2D eigenvalue weighted by molar-refractivity contribution is 5.26. The van der Waals surface area contributed by atoms with Crippen LogP contribution in [0, 0.1) is 17.1 Å². The van der Waals surface area contributed by atoms with Gasteiger partial charge in [0.05, 0.1) is 12.6 Å². The van der Waals surface area contributed by atoms with Crippen molar-refractivity contribution < 1.29 is 14.6 Å². The van der Waals surface area contributed by atoms with Gasteiger partial charge in [0, 0.05) is 16.7 Å². The number of aliphatic hydroxyl groups excluding tert-OH is 2. The number of aromatic nitrogens is 1. The van der Waals surface area contributed by atoms with Crippen molar-refractivity contribution >= 4 is 0 Å². The molecular weight excluding hydrogens is 229 g/mol. The van der Waals surface area contributed by atoms with Crippen LogP contribution in [0.3, 0.4) is 0 Å². The van der Waals surface area contributed by atoms with Crippen molar-refractivity contribution in [2.45, 2.75) is 12.2 Å². The standard InChI is InChI=1S/C9H8FN5O2/c10-6-1-5(3-13-7(6)2-11)9(17)8(16)4-14-15-12/h1,3,8-9,16-17H,4H2. The minimum absolute atomic E-state index is 0.00198. The van der Waals surface area contributed by atoms with Crippen LogP contribution in [-0.2, 0) is 0 Å². The number of azide groups is 1. The fourth-order valence-electron chi connectivity index (χ4n) is 1.14. The summed E-state index contributed by atoms with van der Waals surface area (Å²) < 4.78 is 13.2. The zero-order chi connectivity index (χ0) is 12.8. The van der Waals surface area contributed by atoms with Gasteiger partial charge in [-0.25, -0.2) is 9.37 Å². The summed E-state index contributed by atoms with van der Waals surface area (Å²) in [5.74, 6) is -0.889. The summed E-state index contributed by atoms with van der Waals surface area (Å²) in [5.41, 5.74) is 7.64. The molecule has 0 aromatic carbocycles. The van der Waals surface area contributed by atoms with E-state index < -0.39 is 23.7 Å². The van der Waals surface area contributed by atoms with Crippen molar-refractivity contribution in [3.63, 3.8) is 0 Å². The van der Waals surface area contributed by atoms with Gasteiger partial charge in [-0.1, -0.05) is 5.11 Å². The highest BCUT2D eigenvalue weighted by Gasteiger charge is 2.19. The maximum absolute atomic E-state index is 13.2. The third-order valence-corrected chi connectivity index (χ3v) is 2.01. The van der Waals surface area contributed by atoms with Crippen LogP contribution in [0.4, 0.5) is 4.39 Å². The molecule has 1 aromatic heterocycles. The molecule has 8 heteroatoms. The average Bonchev–Trinajstić information content (AvgIpc) is 2.34. The van der Waals surface area contributed by atoms with Gasteiger partial charge in [0.25, 0.3) is 0 Å². The van der Waals surface area contributed by atoms with Crippen LogP contribution >= 0.6 is 0 Å². The molecule has 7 nitrogen and oxygen atoms in total. The molecule has 0 amide bonds. The first-order valence-electron chi connectivity index (χ1n) is 4.52. The molecule has 1 rings (SSSR count). The van der Waals surface area contributed by atoms with E-state index in [1.165, 1.54) is 6.07 Å². The Morgan fingerprint density at radius 3 is 2.88 bits per heavy atom. The number of aliphatic hydroxyl groups is 2. The molecule has 1 heterocycles. The molecule has 0 bridgehead atoms. The zero-order valence-electron chi connectivity index (χ0n) is 8.52. The fraction of sp³-hybridized carbons (Fsp3) is 0.333. The molecule has 0 saturated carbocycles. The molecule has 1 aromatic rings. The van der Waals surface area contributed by atoms with E-state index in [0.717, 1.165) is 12.3 Å². The second-order valence-electron chi connectivity index (χ2n) is 3.14. The molecule has 0 saturated heterocycles. The van der Waals surface area contributed by atoms with Crippen molar-refractivity contribution in [3.8, 4) is 6.07 Å². The number of nitriles is 1. The lowest BCUT2D eigenvalue weighted by atomic mass is 10.1. The second-order valence-corrected chi connectivity index (χ2v) is 3.14. The Bertz CT molecular complexity index is 495. The number of halogens is 1. The molecule has 0 aliphatic heterocycles. The Labute approximate surface area is 95.4 Å². The number of hydrogen-bond donors (Lipinski definition) is 2. The maximum Gasteiger partial charge on any atom is 0.176 e. The van der Waals surface area contributed by atoms with E-state index in [-0.39, 0.29) is 12.1 Å². The number of nitrogens with zero attached hydrogens (tertiary/aromatic N) is 5. The van der Waals surface area contributed by atoms with Crippen LogP contribution in [-0.4, -0.2) is 27.8 Å². The van der Waals surface area contributed by atoms with Crippen LogP contribution in [0.2, 0.25) is 0 Å². The van der Waals surface area contributed by atoms with Gasteiger partial charge in [-0.05, 0) is 11.6 Å². The van der Waals surface area contributed by atoms with Crippen LogP contribution in [0.5, 0.6) is 0 Å². The van der Waals surface area contributed by atoms with Gasteiger partial charge in [-0.3, -0.25) is 0 Å². The average molecular weight is 237 g/mol. The maximum atomic E-state index is 13.2. The van der Waals surface area contributed by atoms with Crippen LogP contribution in [0.25, 0.3) is 10.4 Å². The van der Waals surface area contributed by atoms with Gasteiger partial charge in [-0.15, -0.1) is 0 Å². The van der Waals surface area contributed by atoms with Crippen LogP contribution in [0.15, 0.2) is 17.4 Å². The smallest absolute Gasteiger partial charge is 0.176 e. The number of rotatable bonds is 4. The van der Waals surface area contributed by atoms with Crippen molar-refractivity contribution in [2.24, 2.45) is 5.11 Å². The molecule has 17 heavy (non-hydrogen) atoms. The van der Waals surface area contributed by atoms with Gasteiger partial charge in [0.1, 0.15) is 12.2 Å². The monoisotopic (exact) mass is 237 g/mol. The first-order chi connectivity index (χ1) is 8.10. The van der Waals surface area contributed by atoms with E-state index in [0.29, 0.717) is 0 Å². The summed E-state index contributed by atoms with van der Waals surface area (Å²) in [6.45, 7) is -0.348. The Balaban J connectivity index is 2.89. The van der Waals surface area contributed by atoms with E-state index in [1.54, 1.807) is 0 Å². The van der Waals surface area contributed by atoms with Crippen LogP contribution in [0.1, 0.15) is 17.4 Å². The Hall–Kier alpha value is -2.20. The molecule has 2 unspecified atom stereocenters. The van der Waals surface area contributed by atoms with E-state index >= 15 is 0 Å². The van der Waals surface area contributed by atoms with E-state index in [2.05, 4.69) is 15.0 Å². The molecule has 2 N–H and O–H groups in total. The van der Waals surface area contributed by atoms with Crippen molar-refractivity contribution in [3.05, 3.63) is 39.8 Å². The first kappa shape index (κ1) is 12.9. The largest absolute Gasteiger partial charge is 0.390 e. The first-order valence-corrected chi connectivity index (χ1v) is 4.52. The van der Waals surface area contributed by atoms with Gasteiger partial charge in [0.15, 0.2) is 11.5 Å². The Kier molecular flexibility index (Phi) is 4.37. The number of pyridine rings is 1. The van der Waals surface area contributed by atoms with Gasteiger partial charge in [0.2, 0.25) is 0 Å². The summed E-state index contributed by atoms with van der Waals surface area (Å²) in [7, 11) is 0. The highest BCUT2D eigenvalue weighted by atomic mass is 19.1. The topological polar surface area (TPSA) is 126 Å². The minimum Gasteiger partial charge on any atom is -0.390 e. The molecule has 88 valence electrons. The lowest BCUT2D eigenvalue weighted by Crippen LogP contribution is -2.21. The molecule has 0 radical (unpaired) electrons. The fourth-order valence-corrected chi connectivity index (χ4v) is 1.14. The third-order valence-electron chi connectivity index (χ3n) is 2.01. The zero-order valence-corrected chi connectivity index (χ0v) is 8.52. The third kappa shape index (κ3) is 3.12. The predicted molar refractivity (Wildman–Crippen MR) is 53.9 cm³/mol. The van der Waals surface area contributed by atoms with Crippen LogP contribution < -0.4 is 0 Å². The molecule has 0 aliphatic carbocycles. The van der Waals surface area contributed by atoms with E-state index in [1.807, 2.05) is 0 Å². The van der Waals surface area contributed by atoms with Gasteiger partial charge < -0.3 is 10.2 Å². The van der Waals surface area contributed by atoms with Crippen molar-refractivity contribution in [2.75, 3.05) is 6.54 Å². The van der Waals surface area contributed by atoms with E-state index in [4.69, 9.17) is 10.8 Å². The quantitative estimate of drug-likeness (QED) is 0.456. The summed E-state index contributed by atoms with van der Waals surface area (Å²) in [5, 5.41) is 30.5. The van der Waals surface area contributed by atoms with Gasteiger partial charge in [-0.2, -0.15) is 5.26 Å². The van der Waals surface area contributed by atoms with Gasteiger partial charge >= 0.3 is 0 Å². The Morgan fingerprint density at radius 1 is 1.65 bits per heavy atom. The number of hydrogen-bond acceptors (Lipinski definition) is 5. The summed E-state index contributed by atoms with van der Waals surface area (Å²) in [6, 6.07) is 2.43. The molecule has 0 spiro atoms. The van der Waals surface area contributed by atoms with Crippen molar-refractivity contribution in [1.29, 1.82) is 5.26 Å². The lowest BCUT2D eigenvalue weighted by Gasteiger charge is -2.15. The summed E-state index contributed by atoms with van der Waals surface area (Å²) in [4.78, 5) is 5.89. The lowest BCUT2D eigenvalue weighted by molar-refractivity contribution is 0.0240. The molecule has 0 aliphatic rings. The minimum atomic E-state index is -1.43. The normalized spacial score (nSPS) is 13.3. The summed E-state index contributed by atoms with van der Waals surface area (Å²) >= 11 is 0. The van der Waals surface area contributed by atoms with Crippen molar-refractivity contribution in [1.82, 2.24) is 4.98 Å². The second kappa shape index (κ2) is 5.77. The molecular formula is C9H8FN5O2. The Morgan fingerprint density at radius 2 is 2.35 bits per heavy atom. The highest BCUT2D eigenvalue weighted by Crippen LogP contribution is 2.18.